The fourth-order valence-electron chi connectivity index (χ4n) is 4.26. The monoisotopic (exact) mass is 526 g/mol. The lowest BCUT2D eigenvalue weighted by Crippen LogP contribution is -2.27. The summed E-state index contributed by atoms with van der Waals surface area (Å²) in [6, 6.07) is 27.7. The van der Waals surface area contributed by atoms with Crippen molar-refractivity contribution in [3.63, 3.8) is 0 Å². The molecule has 3 aromatic carbocycles. The van der Waals surface area contributed by atoms with Gasteiger partial charge in [0.1, 0.15) is 12.2 Å². The molecule has 6 nitrogen and oxygen atoms in total. The van der Waals surface area contributed by atoms with Crippen LogP contribution in [0.2, 0.25) is 10.0 Å². The van der Waals surface area contributed by atoms with Gasteiger partial charge in [-0.15, -0.1) is 10.2 Å². The molecule has 8 heteroatoms. The predicted octanol–water partition coefficient (Wildman–Crippen LogP) is 6.30. The number of aromatic nitrogens is 4. The molecular weight excluding hydrogens is 503 g/mol. The van der Waals surface area contributed by atoms with Gasteiger partial charge in [0.05, 0.1) is 35.9 Å². The predicted molar refractivity (Wildman–Crippen MR) is 146 cm³/mol. The molecule has 0 N–H and O–H groups in total. The van der Waals surface area contributed by atoms with E-state index in [2.05, 4.69) is 39.4 Å². The van der Waals surface area contributed by atoms with Gasteiger partial charge >= 0.3 is 0 Å². The fourth-order valence-corrected chi connectivity index (χ4v) is 4.76. The van der Waals surface area contributed by atoms with Crippen LogP contribution >= 0.6 is 23.2 Å². The van der Waals surface area contributed by atoms with Gasteiger partial charge in [-0.3, -0.25) is 9.88 Å². The standard InChI is InChI=1S/C29H24Cl2N6/c30-25-11-9-23(27(31)15-25)13-14-36(18-26-12-10-24-3-1-2-4-28(24)34-26)19-29-35-33-20-37(29)17-22-7-5-21(16-32)6-8-22/h1-12,15,20H,13-14,17-19H2. The van der Waals surface area contributed by atoms with Crippen molar-refractivity contribution in [1.82, 2.24) is 24.6 Å². The van der Waals surface area contributed by atoms with E-state index in [0.29, 0.717) is 35.2 Å². The minimum Gasteiger partial charge on any atom is -0.312 e. The maximum absolute atomic E-state index is 9.07. The summed E-state index contributed by atoms with van der Waals surface area (Å²) < 4.78 is 2.04. The molecule has 0 amide bonds. The summed E-state index contributed by atoms with van der Waals surface area (Å²) in [5, 5.41) is 20.1. The van der Waals surface area contributed by atoms with Crippen LogP contribution in [-0.4, -0.2) is 31.2 Å². The molecule has 0 aliphatic rings. The third-order valence-corrected chi connectivity index (χ3v) is 6.84. The van der Waals surface area contributed by atoms with Gasteiger partial charge < -0.3 is 4.57 Å². The van der Waals surface area contributed by atoms with Gasteiger partial charge in [0.25, 0.3) is 0 Å². The maximum Gasteiger partial charge on any atom is 0.147 e. The Balaban J connectivity index is 1.37. The molecule has 2 heterocycles. The Morgan fingerprint density at radius 1 is 0.919 bits per heavy atom. The number of hydrogen-bond acceptors (Lipinski definition) is 5. The van der Waals surface area contributed by atoms with Gasteiger partial charge in [0, 0.05) is 28.5 Å². The van der Waals surface area contributed by atoms with Gasteiger partial charge in [-0.25, -0.2) is 0 Å². The third-order valence-electron chi connectivity index (χ3n) is 6.25. The highest BCUT2D eigenvalue weighted by Crippen LogP contribution is 2.22. The molecule has 0 spiro atoms. The molecule has 0 atom stereocenters. The lowest BCUT2D eigenvalue weighted by Gasteiger charge is -2.22. The normalized spacial score (nSPS) is 11.2. The molecule has 0 fully saturated rings. The Morgan fingerprint density at radius 3 is 2.57 bits per heavy atom. The molecule has 0 radical (unpaired) electrons. The number of hydrogen-bond donors (Lipinski definition) is 0. The van der Waals surface area contributed by atoms with Crippen molar-refractivity contribution >= 4 is 34.1 Å². The van der Waals surface area contributed by atoms with Crippen molar-refractivity contribution in [3.8, 4) is 6.07 Å². The smallest absolute Gasteiger partial charge is 0.147 e. The van der Waals surface area contributed by atoms with E-state index in [1.807, 2.05) is 59.2 Å². The van der Waals surface area contributed by atoms with Crippen molar-refractivity contribution in [2.24, 2.45) is 0 Å². The van der Waals surface area contributed by atoms with E-state index in [0.717, 1.165) is 46.5 Å². The number of halogens is 2. The first-order valence-electron chi connectivity index (χ1n) is 11.9. The topological polar surface area (TPSA) is 70.6 Å². The molecule has 5 aromatic rings. The Bertz CT molecular complexity index is 1560. The highest BCUT2D eigenvalue weighted by Gasteiger charge is 2.15. The van der Waals surface area contributed by atoms with Crippen LogP contribution in [0.1, 0.15) is 28.2 Å². The summed E-state index contributed by atoms with van der Waals surface area (Å²) in [5.74, 6) is 0.854. The van der Waals surface area contributed by atoms with Crippen molar-refractivity contribution in [1.29, 1.82) is 5.26 Å². The minimum absolute atomic E-state index is 0.593. The Morgan fingerprint density at radius 2 is 1.76 bits per heavy atom. The summed E-state index contributed by atoms with van der Waals surface area (Å²) in [5.41, 5.74) is 4.73. The molecule has 2 aromatic heterocycles. The van der Waals surface area contributed by atoms with Gasteiger partial charge in [-0.05, 0) is 53.9 Å². The van der Waals surface area contributed by atoms with Crippen LogP contribution in [0.4, 0.5) is 0 Å². The average Bonchev–Trinajstić information content (AvgIpc) is 3.34. The van der Waals surface area contributed by atoms with Gasteiger partial charge in [-0.1, -0.05) is 65.7 Å². The quantitative estimate of drug-likeness (QED) is 0.225. The second-order valence-corrected chi connectivity index (χ2v) is 9.72. The largest absolute Gasteiger partial charge is 0.312 e. The van der Waals surface area contributed by atoms with Gasteiger partial charge in [0.15, 0.2) is 0 Å². The fraction of sp³-hybridized carbons (Fsp3) is 0.172. The number of nitriles is 1. The molecule has 0 saturated heterocycles. The van der Waals surface area contributed by atoms with Crippen LogP contribution in [0.5, 0.6) is 0 Å². The lowest BCUT2D eigenvalue weighted by atomic mass is 10.1. The molecule has 5 rings (SSSR count). The number of pyridine rings is 1. The van der Waals surface area contributed by atoms with Crippen molar-refractivity contribution in [3.05, 3.63) is 123 Å². The Labute approximate surface area is 225 Å². The third kappa shape index (κ3) is 6.33. The number of fused-ring (bicyclic) bond motifs is 1. The highest BCUT2D eigenvalue weighted by atomic mass is 35.5. The maximum atomic E-state index is 9.07. The Hall–Kier alpha value is -3.76. The van der Waals surface area contributed by atoms with E-state index in [1.165, 1.54) is 0 Å². The number of para-hydroxylation sites is 1. The van der Waals surface area contributed by atoms with Crippen molar-refractivity contribution in [2.75, 3.05) is 6.54 Å². The highest BCUT2D eigenvalue weighted by molar-refractivity contribution is 6.35. The van der Waals surface area contributed by atoms with Crippen molar-refractivity contribution < 1.29 is 0 Å². The molecule has 184 valence electrons. The Kier molecular flexibility index (Phi) is 7.76. The van der Waals surface area contributed by atoms with Crippen LogP contribution in [0.15, 0.2) is 85.2 Å². The summed E-state index contributed by atoms with van der Waals surface area (Å²) in [6.07, 6.45) is 2.50. The summed E-state index contributed by atoms with van der Waals surface area (Å²) in [4.78, 5) is 7.19. The van der Waals surface area contributed by atoms with Crippen LogP contribution in [-0.2, 0) is 26.1 Å². The first-order valence-corrected chi connectivity index (χ1v) is 12.7. The van der Waals surface area contributed by atoms with E-state index in [4.69, 9.17) is 33.4 Å². The first kappa shape index (κ1) is 24.9. The summed E-state index contributed by atoms with van der Waals surface area (Å²) >= 11 is 12.5. The van der Waals surface area contributed by atoms with Crippen LogP contribution in [0, 0.1) is 11.3 Å². The molecule has 0 aliphatic heterocycles. The average molecular weight is 527 g/mol. The molecular formula is C29H24Cl2N6. The minimum atomic E-state index is 0.593. The van der Waals surface area contributed by atoms with E-state index >= 15 is 0 Å². The van der Waals surface area contributed by atoms with E-state index in [-0.39, 0.29) is 0 Å². The second-order valence-electron chi connectivity index (χ2n) is 8.88. The van der Waals surface area contributed by atoms with Gasteiger partial charge in [0.2, 0.25) is 0 Å². The van der Waals surface area contributed by atoms with Gasteiger partial charge in [-0.2, -0.15) is 5.26 Å². The second kappa shape index (κ2) is 11.5. The lowest BCUT2D eigenvalue weighted by molar-refractivity contribution is 0.247. The summed E-state index contributed by atoms with van der Waals surface area (Å²) in [7, 11) is 0. The van der Waals surface area contributed by atoms with Crippen molar-refractivity contribution in [2.45, 2.75) is 26.1 Å². The van der Waals surface area contributed by atoms with E-state index < -0.39 is 0 Å². The molecule has 0 aliphatic carbocycles. The zero-order valence-electron chi connectivity index (χ0n) is 20.1. The molecule has 37 heavy (non-hydrogen) atoms. The molecule has 0 bridgehead atoms. The zero-order valence-corrected chi connectivity index (χ0v) is 21.6. The van der Waals surface area contributed by atoms with E-state index in [9.17, 15) is 0 Å². The van der Waals surface area contributed by atoms with Crippen LogP contribution in [0.3, 0.4) is 0 Å². The first-order chi connectivity index (χ1) is 18.1. The SMILES string of the molecule is N#Cc1ccc(Cn2cnnc2CN(CCc2ccc(Cl)cc2Cl)Cc2ccc3ccccc3n2)cc1. The number of nitrogens with zero attached hydrogens (tertiary/aromatic N) is 6. The van der Waals surface area contributed by atoms with Crippen LogP contribution in [0.25, 0.3) is 10.9 Å². The number of rotatable bonds is 9. The molecule has 0 saturated carbocycles. The number of benzene rings is 3. The summed E-state index contributed by atoms with van der Waals surface area (Å²) in [6.45, 7) is 2.62. The van der Waals surface area contributed by atoms with Crippen LogP contribution < -0.4 is 0 Å². The zero-order chi connectivity index (χ0) is 25.6. The molecule has 0 unspecified atom stereocenters. The van der Waals surface area contributed by atoms with E-state index in [1.54, 1.807) is 12.4 Å².